The second-order valence-electron chi connectivity index (χ2n) is 2.46. The Bertz CT molecular complexity index is 231. The SMILES string of the molecule is CC.Cc1cnc(CN)cc1C. The Labute approximate surface area is 74.8 Å². The van der Waals surface area contributed by atoms with E-state index in [0.717, 1.165) is 5.69 Å². The number of rotatable bonds is 1. The Morgan fingerprint density at radius 2 is 1.83 bits per heavy atom. The summed E-state index contributed by atoms with van der Waals surface area (Å²) in [5, 5.41) is 0. The first-order valence-corrected chi connectivity index (χ1v) is 4.36. The summed E-state index contributed by atoms with van der Waals surface area (Å²) in [7, 11) is 0. The van der Waals surface area contributed by atoms with Gasteiger partial charge in [0.1, 0.15) is 0 Å². The summed E-state index contributed by atoms with van der Waals surface area (Å²) < 4.78 is 0. The largest absolute Gasteiger partial charge is 0.325 e. The molecule has 0 aliphatic rings. The van der Waals surface area contributed by atoms with E-state index in [4.69, 9.17) is 5.73 Å². The topological polar surface area (TPSA) is 38.9 Å². The zero-order valence-corrected chi connectivity index (χ0v) is 8.39. The highest BCUT2D eigenvalue weighted by molar-refractivity contribution is 5.23. The van der Waals surface area contributed by atoms with Crippen LogP contribution in [0.25, 0.3) is 0 Å². The molecule has 0 unspecified atom stereocenters. The van der Waals surface area contributed by atoms with Gasteiger partial charge in [-0.1, -0.05) is 13.8 Å². The summed E-state index contributed by atoms with van der Waals surface area (Å²) in [4.78, 5) is 4.13. The van der Waals surface area contributed by atoms with Gasteiger partial charge in [-0.15, -0.1) is 0 Å². The zero-order chi connectivity index (χ0) is 9.56. The summed E-state index contributed by atoms with van der Waals surface area (Å²) in [5.41, 5.74) is 8.85. The monoisotopic (exact) mass is 166 g/mol. The minimum Gasteiger partial charge on any atom is -0.325 e. The third-order valence-corrected chi connectivity index (χ3v) is 1.64. The fourth-order valence-electron chi connectivity index (χ4n) is 0.794. The van der Waals surface area contributed by atoms with Crippen LogP contribution in [0.2, 0.25) is 0 Å². The van der Waals surface area contributed by atoms with Crippen LogP contribution in [0.4, 0.5) is 0 Å². The smallest absolute Gasteiger partial charge is 0.0542 e. The molecule has 12 heavy (non-hydrogen) atoms. The number of hydrogen-bond acceptors (Lipinski definition) is 2. The van der Waals surface area contributed by atoms with Gasteiger partial charge in [0.2, 0.25) is 0 Å². The maximum atomic E-state index is 5.41. The van der Waals surface area contributed by atoms with Gasteiger partial charge in [0, 0.05) is 12.7 Å². The van der Waals surface area contributed by atoms with Gasteiger partial charge in [-0.25, -0.2) is 0 Å². The summed E-state index contributed by atoms with van der Waals surface area (Å²) in [5.74, 6) is 0. The molecule has 2 heteroatoms. The molecule has 0 aromatic carbocycles. The molecule has 0 atom stereocenters. The summed E-state index contributed by atoms with van der Waals surface area (Å²) in [6.07, 6.45) is 1.86. The predicted octanol–water partition coefficient (Wildman–Crippen LogP) is 2.18. The maximum Gasteiger partial charge on any atom is 0.0542 e. The highest BCUT2D eigenvalue weighted by atomic mass is 14.7. The van der Waals surface area contributed by atoms with Crippen LogP contribution in [-0.2, 0) is 6.54 Å². The van der Waals surface area contributed by atoms with E-state index in [1.54, 1.807) is 0 Å². The van der Waals surface area contributed by atoms with Gasteiger partial charge >= 0.3 is 0 Å². The Hall–Kier alpha value is -0.890. The van der Waals surface area contributed by atoms with Gasteiger partial charge < -0.3 is 5.73 Å². The number of aryl methyl sites for hydroxylation is 2. The van der Waals surface area contributed by atoms with Crippen LogP contribution >= 0.6 is 0 Å². The van der Waals surface area contributed by atoms with Crippen molar-refractivity contribution >= 4 is 0 Å². The molecular formula is C10H18N2. The zero-order valence-electron chi connectivity index (χ0n) is 8.39. The molecule has 1 rings (SSSR count). The average Bonchev–Trinajstić information content (AvgIpc) is 2.13. The van der Waals surface area contributed by atoms with E-state index in [2.05, 4.69) is 11.9 Å². The van der Waals surface area contributed by atoms with Crippen molar-refractivity contribution in [1.29, 1.82) is 0 Å². The van der Waals surface area contributed by atoms with Crippen LogP contribution in [0, 0.1) is 13.8 Å². The minimum absolute atomic E-state index is 0.529. The van der Waals surface area contributed by atoms with Crippen molar-refractivity contribution in [3.8, 4) is 0 Å². The van der Waals surface area contributed by atoms with Crippen LogP contribution in [0.5, 0.6) is 0 Å². The Kier molecular flexibility index (Phi) is 5.30. The third-order valence-electron chi connectivity index (χ3n) is 1.64. The first-order valence-electron chi connectivity index (χ1n) is 4.36. The maximum absolute atomic E-state index is 5.41. The van der Waals surface area contributed by atoms with Gasteiger partial charge in [-0.3, -0.25) is 4.98 Å². The van der Waals surface area contributed by atoms with E-state index in [-0.39, 0.29) is 0 Å². The van der Waals surface area contributed by atoms with Crippen LogP contribution in [-0.4, -0.2) is 4.98 Å². The van der Waals surface area contributed by atoms with E-state index in [1.807, 2.05) is 33.0 Å². The highest BCUT2D eigenvalue weighted by Gasteiger charge is 1.93. The number of nitrogens with zero attached hydrogens (tertiary/aromatic N) is 1. The molecule has 0 aliphatic heterocycles. The van der Waals surface area contributed by atoms with E-state index in [1.165, 1.54) is 11.1 Å². The van der Waals surface area contributed by atoms with Gasteiger partial charge in [0.05, 0.1) is 5.69 Å². The van der Waals surface area contributed by atoms with Crippen LogP contribution in [0.15, 0.2) is 12.3 Å². The van der Waals surface area contributed by atoms with Crippen molar-refractivity contribution in [2.75, 3.05) is 0 Å². The number of hydrogen-bond donors (Lipinski definition) is 1. The van der Waals surface area contributed by atoms with Crippen molar-refractivity contribution < 1.29 is 0 Å². The quantitative estimate of drug-likeness (QED) is 0.694. The first-order chi connectivity index (χ1) is 5.74. The molecule has 2 N–H and O–H groups in total. The van der Waals surface area contributed by atoms with Crippen molar-refractivity contribution in [2.45, 2.75) is 34.2 Å². The highest BCUT2D eigenvalue weighted by Crippen LogP contribution is 2.05. The molecule has 0 amide bonds. The van der Waals surface area contributed by atoms with Crippen molar-refractivity contribution in [2.24, 2.45) is 5.73 Å². The standard InChI is InChI=1S/C8H12N2.C2H6/c1-6-3-8(4-9)10-5-7(6)2;1-2/h3,5H,4,9H2,1-2H3;1-2H3. The molecule has 0 fully saturated rings. The second kappa shape index (κ2) is 5.72. The molecule has 0 spiro atoms. The number of pyridine rings is 1. The fourth-order valence-corrected chi connectivity index (χ4v) is 0.794. The minimum atomic E-state index is 0.529. The fraction of sp³-hybridized carbons (Fsp3) is 0.500. The van der Waals surface area contributed by atoms with Gasteiger partial charge in [-0.2, -0.15) is 0 Å². The molecule has 0 aliphatic carbocycles. The molecule has 0 saturated heterocycles. The molecule has 1 aromatic rings. The molecule has 68 valence electrons. The molecular weight excluding hydrogens is 148 g/mol. The number of nitrogens with two attached hydrogens (primary N) is 1. The third kappa shape index (κ3) is 3.01. The van der Waals surface area contributed by atoms with Crippen LogP contribution in [0.1, 0.15) is 30.7 Å². The first kappa shape index (κ1) is 11.1. The molecule has 0 bridgehead atoms. The van der Waals surface area contributed by atoms with E-state index >= 15 is 0 Å². The van der Waals surface area contributed by atoms with Gasteiger partial charge in [0.15, 0.2) is 0 Å². The molecule has 0 saturated carbocycles. The summed E-state index contributed by atoms with van der Waals surface area (Å²) in [6, 6.07) is 2.02. The van der Waals surface area contributed by atoms with E-state index < -0.39 is 0 Å². The lowest BCUT2D eigenvalue weighted by molar-refractivity contribution is 0.976. The van der Waals surface area contributed by atoms with Gasteiger partial charge in [-0.05, 0) is 31.0 Å². The average molecular weight is 166 g/mol. The Morgan fingerprint density at radius 3 is 2.25 bits per heavy atom. The molecule has 0 radical (unpaired) electrons. The lowest BCUT2D eigenvalue weighted by Crippen LogP contribution is -2.00. The second-order valence-corrected chi connectivity index (χ2v) is 2.46. The lowest BCUT2D eigenvalue weighted by Gasteiger charge is -2.00. The molecule has 2 nitrogen and oxygen atoms in total. The summed E-state index contributed by atoms with van der Waals surface area (Å²) in [6.45, 7) is 8.64. The summed E-state index contributed by atoms with van der Waals surface area (Å²) >= 11 is 0. The van der Waals surface area contributed by atoms with Crippen LogP contribution < -0.4 is 5.73 Å². The van der Waals surface area contributed by atoms with Crippen LogP contribution in [0.3, 0.4) is 0 Å². The van der Waals surface area contributed by atoms with E-state index in [9.17, 15) is 0 Å². The number of aromatic nitrogens is 1. The van der Waals surface area contributed by atoms with Crippen molar-refractivity contribution in [1.82, 2.24) is 4.98 Å². The van der Waals surface area contributed by atoms with Crippen molar-refractivity contribution in [3.05, 3.63) is 29.1 Å². The predicted molar refractivity (Wildman–Crippen MR) is 53.0 cm³/mol. The lowest BCUT2D eigenvalue weighted by atomic mass is 10.1. The normalized spacial score (nSPS) is 8.75. The molecule has 1 aromatic heterocycles. The van der Waals surface area contributed by atoms with Gasteiger partial charge in [0.25, 0.3) is 0 Å². The van der Waals surface area contributed by atoms with E-state index in [0.29, 0.717) is 6.54 Å². The van der Waals surface area contributed by atoms with Crippen molar-refractivity contribution in [3.63, 3.8) is 0 Å². The Balaban J connectivity index is 0.000000561. The Morgan fingerprint density at radius 1 is 1.25 bits per heavy atom. The molecule has 1 heterocycles.